The van der Waals surface area contributed by atoms with Gasteiger partial charge in [-0.05, 0) is 0 Å². The Hall–Kier alpha value is -0.950. The highest BCUT2D eigenvalue weighted by molar-refractivity contribution is 7.99. The van der Waals surface area contributed by atoms with E-state index in [2.05, 4.69) is 0 Å². The molecule has 0 aromatic rings. The molecule has 0 fully saturated rings. The number of aliphatic carboxylic acids is 3. The summed E-state index contributed by atoms with van der Waals surface area (Å²) in [7, 11) is 0. The maximum Gasteiger partial charge on any atom is 0.318 e. The summed E-state index contributed by atoms with van der Waals surface area (Å²) in [5.74, 6) is -5.15. The first kappa shape index (κ1) is 16.5. The predicted octanol–water partition coefficient (Wildman–Crippen LogP) is 0.401. The molecule has 0 aromatic heterocycles. The van der Waals surface area contributed by atoms with E-state index in [1.165, 1.54) is 0 Å². The fourth-order valence-corrected chi connectivity index (χ4v) is 1.62. The standard InChI is InChI=1S/C7H10O6S.ClH/c8-5(9)1-2-14-3-4(6(10)11)7(12)13;/h4H,1-3H2,(H,8,9)(H,10,11)(H,12,13);1H. The maximum absolute atomic E-state index is 10.4. The van der Waals surface area contributed by atoms with E-state index in [1.807, 2.05) is 0 Å². The van der Waals surface area contributed by atoms with Gasteiger partial charge in [0, 0.05) is 11.5 Å². The summed E-state index contributed by atoms with van der Waals surface area (Å²) < 4.78 is 0. The second-order valence-electron chi connectivity index (χ2n) is 2.45. The number of rotatable bonds is 7. The number of carbonyl (C=O) groups is 3. The quantitative estimate of drug-likeness (QED) is 0.448. The van der Waals surface area contributed by atoms with Crippen LogP contribution >= 0.6 is 24.2 Å². The Morgan fingerprint density at radius 2 is 1.53 bits per heavy atom. The first-order chi connectivity index (χ1) is 6.45. The molecule has 3 N–H and O–H groups in total. The first-order valence-electron chi connectivity index (χ1n) is 3.70. The molecule has 15 heavy (non-hydrogen) atoms. The van der Waals surface area contributed by atoms with Gasteiger partial charge in [-0.15, -0.1) is 12.4 Å². The zero-order valence-electron chi connectivity index (χ0n) is 7.58. The molecule has 0 spiro atoms. The maximum atomic E-state index is 10.4. The van der Waals surface area contributed by atoms with Crippen molar-refractivity contribution >= 4 is 42.1 Å². The Balaban J connectivity index is 0. The van der Waals surface area contributed by atoms with Crippen molar-refractivity contribution in [3.63, 3.8) is 0 Å². The molecule has 0 unspecified atom stereocenters. The molecule has 0 saturated carbocycles. The molecule has 0 aliphatic heterocycles. The summed E-state index contributed by atoms with van der Waals surface area (Å²) in [6.45, 7) is 0. The fourth-order valence-electron chi connectivity index (χ4n) is 0.609. The van der Waals surface area contributed by atoms with Crippen LogP contribution in [0.25, 0.3) is 0 Å². The molecular formula is C7H11ClO6S. The van der Waals surface area contributed by atoms with Crippen LogP contribution in [0.5, 0.6) is 0 Å². The van der Waals surface area contributed by atoms with Gasteiger partial charge in [-0.2, -0.15) is 11.8 Å². The van der Waals surface area contributed by atoms with Crippen LogP contribution in [0.15, 0.2) is 0 Å². The van der Waals surface area contributed by atoms with E-state index in [0.717, 1.165) is 11.8 Å². The summed E-state index contributed by atoms with van der Waals surface area (Å²) >= 11 is 1.00. The van der Waals surface area contributed by atoms with Gasteiger partial charge in [-0.3, -0.25) is 14.4 Å². The van der Waals surface area contributed by atoms with Crippen molar-refractivity contribution in [2.45, 2.75) is 6.42 Å². The van der Waals surface area contributed by atoms with Crippen LogP contribution in [-0.4, -0.2) is 44.7 Å². The summed E-state index contributed by atoms with van der Waals surface area (Å²) in [5.41, 5.74) is 0. The van der Waals surface area contributed by atoms with E-state index in [0.29, 0.717) is 0 Å². The van der Waals surface area contributed by atoms with Crippen LogP contribution in [0.3, 0.4) is 0 Å². The second kappa shape index (κ2) is 8.37. The lowest BCUT2D eigenvalue weighted by molar-refractivity contribution is -0.153. The summed E-state index contributed by atoms with van der Waals surface area (Å²) in [6, 6.07) is 0. The largest absolute Gasteiger partial charge is 0.481 e. The summed E-state index contributed by atoms with van der Waals surface area (Å²) in [5, 5.41) is 25.1. The monoisotopic (exact) mass is 258 g/mol. The minimum atomic E-state index is -1.46. The third kappa shape index (κ3) is 8.07. The van der Waals surface area contributed by atoms with E-state index in [4.69, 9.17) is 15.3 Å². The van der Waals surface area contributed by atoms with E-state index in [-0.39, 0.29) is 30.3 Å². The Morgan fingerprint density at radius 1 is 1.07 bits per heavy atom. The highest BCUT2D eigenvalue weighted by Gasteiger charge is 2.25. The number of thioether (sulfide) groups is 1. The van der Waals surface area contributed by atoms with E-state index in [9.17, 15) is 14.4 Å². The predicted molar refractivity (Wildman–Crippen MR) is 55.6 cm³/mol. The highest BCUT2D eigenvalue weighted by atomic mass is 35.5. The van der Waals surface area contributed by atoms with Crippen LogP contribution in [0.1, 0.15) is 6.42 Å². The van der Waals surface area contributed by atoms with Gasteiger partial charge in [0.1, 0.15) is 0 Å². The van der Waals surface area contributed by atoms with Gasteiger partial charge in [0.05, 0.1) is 6.42 Å². The Morgan fingerprint density at radius 3 is 1.87 bits per heavy atom. The Bertz CT molecular complexity index is 230. The summed E-state index contributed by atoms with van der Waals surface area (Å²) in [6.07, 6.45) is -0.101. The minimum absolute atomic E-state index is 0. The molecule has 0 aromatic carbocycles. The number of carboxylic acids is 3. The number of halogens is 1. The van der Waals surface area contributed by atoms with Crippen molar-refractivity contribution in [1.29, 1.82) is 0 Å². The number of carboxylic acid groups (broad SMARTS) is 3. The van der Waals surface area contributed by atoms with Crippen molar-refractivity contribution in [3.8, 4) is 0 Å². The smallest absolute Gasteiger partial charge is 0.318 e. The van der Waals surface area contributed by atoms with Gasteiger partial charge in [-0.25, -0.2) is 0 Å². The van der Waals surface area contributed by atoms with E-state index >= 15 is 0 Å². The normalized spacial score (nSPS) is 9.40. The van der Waals surface area contributed by atoms with Crippen molar-refractivity contribution in [1.82, 2.24) is 0 Å². The average molecular weight is 259 g/mol. The van der Waals surface area contributed by atoms with Gasteiger partial charge in [0.2, 0.25) is 0 Å². The molecule has 8 heteroatoms. The third-order valence-corrected chi connectivity index (χ3v) is 2.40. The molecule has 0 aliphatic rings. The van der Waals surface area contributed by atoms with Crippen molar-refractivity contribution in [3.05, 3.63) is 0 Å². The third-order valence-electron chi connectivity index (χ3n) is 1.34. The van der Waals surface area contributed by atoms with Crippen LogP contribution in [0.4, 0.5) is 0 Å². The molecule has 0 amide bonds. The second-order valence-corrected chi connectivity index (χ2v) is 3.60. The minimum Gasteiger partial charge on any atom is -0.481 e. The fraction of sp³-hybridized carbons (Fsp3) is 0.571. The molecular weight excluding hydrogens is 248 g/mol. The molecule has 0 radical (unpaired) electrons. The molecule has 0 saturated heterocycles. The Kier molecular flexibility index (Phi) is 9.19. The van der Waals surface area contributed by atoms with E-state index < -0.39 is 23.8 Å². The van der Waals surface area contributed by atoms with Crippen LogP contribution < -0.4 is 0 Å². The molecule has 0 aliphatic carbocycles. The lowest BCUT2D eigenvalue weighted by Gasteiger charge is -2.05. The molecule has 6 nitrogen and oxygen atoms in total. The zero-order chi connectivity index (χ0) is 11.1. The average Bonchev–Trinajstić information content (AvgIpc) is 2.01. The van der Waals surface area contributed by atoms with Crippen molar-refractivity contribution in [2.75, 3.05) is 11.5 Å². The van der Waals surface area contributed by atoms with Gasteiger partial charge in [-0.1, -0.05) is 0 Å². The van der Waals surface area contributed by atoms with Crippen LogP contribution in [0.2, 0.25) is 0 Å². The van der Waals surface area contributed by atoms with E-state index in [1.54, 1.807) is 0 Å². The number of hydrogen-bond acceptors (Lipinski definition) is 4. The van der Waals surface area contributed by atoms with Crippen LogP contribution in [-0.2, 0) is 14.4 Å². The first-order valence-corrected chi connectivity index (χ1v) is 4.85. The molecule has 0 heterocycles. The Labute approximate surface area is 96.1 Å². The van der Waals surface area contributed by atoms with Gasteiger partial charge in [0.25, 0.3) is 0 Å². The van der Waals surface area contributed by atoms with Crippen LogP contribution in [0, 0.1) is 5.92 Å². The lowest BCUT2D eigenvalue weighted by atomic mass is 10.2. The SMILES string of the molecule is Cl.O=C(O)CCSCC(C(=O)O)C(=O)O. The topological polar surface area (TPSA) is 112 Å². The van der Waals surface area contributed by atoms with Crippen molar-refractivity contribution in [2.24, 2.45) is 5.92 Å². The highest BCUT2D eigenvalue weighted by Crippen LogP contribution is 2.10. The van der Waals surface area contributed by atoms with Gasteiger partial charge >= 0.3 is 17.9 Å². The molecule has 88 valence electrons. The molecule has 0 bridgehead atoms. The van der Waals surface area contributed by atoms with Crippen molar-refractivity contribution < 1.29 is 29.7 Å². The number of hydrogen-bond donors (Lipinski definition) is 3. The molecule has 0 rings (SSSR count). The van der Waals surface area contributed by atoms with Gasteiger partial charge < -0.3 is 15.3 Å². The van der Waals surface area contributed by atoms with Gasteiger partial charge in [0.15, 0.2) is 5.92 Å². The zero-order valence-corrected chi connectivity index (χ0v) is 9.21. The summed E-state index contributed by atoms with van der Waals surface area (Å²) in [4.78, 5) is 30.8. The molecule has 0 atom stereocenters. The lowest BCUT2D eigenvalue weighted by Crippen LogP contribution is -2.25.